The van der Waals surface area contributed by atoms with Crippen molar-refractivity contribution in [1.29, 1.82) is 0 Å². The summed E-state index contributed by atoms with van der Waals surface area (Å²) in [7, 11) is 0. The normalized spacial score (nSPS) is 16.8. The van der Waals surface area contributed by atoms with Crippen LogP contribution in [0.3, 0.4) is 0 Å². The highest BCUT2D eigenvalue weighted by molar-refractivity contribution is 5.95. The summed E-state index contributed by atoms with van der Waals surface area (Å²) in [6.07, 6.45) is -0.122. The number of nitrogens with one attached hydrogen (secondary N) is 3. The van der Waals surface area contributed by atoms with E-state index in [1.807, 2.05) is 56.3 Å². The monoisotopic (exact) mass is 455 g/mol. The smallest absolute Gasteiger partial charge is 0.349 e. The molecule has 0 bridgehead atoms. The minimum Gasteiger partial charge on any atom is -0.390 e. The molecule has 0 fully saturated rings. The molecule has 1 aliphatic rings. The molecule has 34 heavy (non-hydrogen) atoms. The molecule has 8 nitrogen and oxygen atoms in total. The predicted molar refractivity (Wildman–Crippen MR) is 130 cm³/mol. The number of hydrogen-bond donors (Lipinski definition) is 4. The van der Waals surface area contributed by atoms with Gasteiger partial charge in [0.1, 0.15) is 0 Å². The van der Waals surface area contributed by atoms with Crippen LogP contribution in [0.15, 0.2) is 71.5 Å². The molecule has 0 saturated heterocycles. The Kier molecular flexibility index (Phi) is 5.51. The number of aliphatic hydroxyl groups excluding tert-OH is 1. The Morgan fingerprint density at radius 3 is 2.50 bits per heavy atom. The van der Waals surface area contributed by atoms with E-state index in [1.165, 1.54) is 4.68 Å². The van der Waals surface area contributed by atoms with Gasteiger partial charge in [0, 0.05) is 17.7 Å². The highest BCUT2D eigenvalue weighted by atomic mass is 16.3. The van der Waals surface area contributed by atoms with Crippen LogP contribution in [0.25, 0.3) is 5.69 Å². The average molecular weight is 456 g/mol. The Balaban J connectivity index is 1.29. The van der Waals surface area contributed by atoms with Crippen molar-refractivity contribution in [3.05, 3.63) is 105 Å². The van der Waals surface area contributed by atoms with Crippen molar-refractivity contribution in [2.24, 2.45) is 0 Å². The Labute approximate surface area is 196 Å². The Morgan fingerprint density at radius 1 is 1.06 bits per heavy atom. The van der Waals surface area contributed by atoms with Gasteiger partial charge in [0.15, 0.2) is 0 Å². The highest BCUT2D eigenvalue weighted by Gasteiger charge is 2.32. The topological polar surface area (TPSA) is 112 Å². The van der Waals surface area contributed by atoms with Gasteiger partial charge in [0.2, 0.25) is 5.95 Å². The lowest BCUT2D eigenvalue weighted by Crippen LogP contribution is -2.33. The second kappa shape index (κ2) is 8.64. The maximum atomic E-state index is 12.8. The molecule has 0 saturated carbocycles. The SMILES string of the molecule is Cc1cc(C)cc(-n2nc(Nc3ccc(C(=O)NC4c5ccccc5CC4O)cc3)[nH]c2=O)c1. The van der Waals surface area contributed by atoms with Crippen LogP contribution in [0.4, 0.5) is 11.6 Å². The number of benzene rings is 3. The van der Waals surface area contributed by atoms with Crippen LogP contribution in [0, 0.1) is 13.8 Å². The lowest BCUT2D eigenvalue weighted by molar-refractivity contribution is 0.0858. The summed E-state index contributed by atoms with van der Waals surface area (Å²) in [4.78, 5) is 27.9. The molecular weight excluding hydrogens is 430 g/mol. The summed E-state index contributed by atoms with van der Waals surface area (Å²) >= 11 is 0. The van der Waals surface area contributed by atoms with E-state index in [4.69, 9.17) is 0 Å². The molecule has 172 valence electrons. The average Bonchev–Trinajstić information content (AvgIpc) is 3.32. The standard InChI is InChI=1S/C26H25N5O3/c1-15-11-16(2)13-20(12-15)31-26(34)29-25(30-31)27-19-9-7-17(8-10-19)24(33)28-23-21-6-4-3-5-18(21)14-22(23)32/h3-13,22-23,32H,14H2,1-2H3,(H,28,33)(H2,27,29,30,34). The Hall–Kier alpha value is -4.17. The fourth-order valence-corrected chi connectivity index (χ4v) is 4.44. The molecule has 2 atom stereocenters. The molecule has 0 aliphatic heterocycles. The van der Waals surface area contributed by atoms with Crippen LogP contribution in [0.1, 0.15) is 38.7 Å². The van der Waals surface area contributed by atoms with Crippen LogP contribution < -0.4 is 16.3 Å². The summed E-state index contributed by atoms with van der Waals surface area (Å²) in [5.74, 6) is 0.0341. The lowest BCUT2D eigenvalue weighted by atomic mass is 10.1. The van der Waals surface area contributed by atoms with Gasteiger partial charge in [-0.1, -0.05) is 30.3 Å². The quantitative estimate of drug-likeness (QED) is 0.369. The number of amides is 1. The van der Waals surface area contributed by atoms with Crippen LogP contribution in [0.2, 0.25) is 0 Å². The number of anilines is 2. The van der Waals surface area contributed by atoms with Gasteiger partial charge in [-0.2, -0.15) is 4.68 Å². The number of carbonyl (C=O) groups excluding carboxylic acids is 1. The number of aromatic nitrogens is 3. The van der Waals surface area contributed by atoms with E-state index in [9.17, 15) is 14.7 Å². The number of aliphatic hydroxyl groups is 1. The molecule has 4 aromatic rings. The van der Waals surface area contributed by atoms with E-state index in [2.05, 4.69) is 20.7 Å². The van der Waals surface area contributed by atoms with Crippen molar-refractivity contribution in [3.8, 4) is 5.69 Å². The van der Waals surface area contributed by atoms with E-state index in [0.717, 1.165) is 22.3 Å². The molecule has 3 aromatic carbocycles. The molecule has 0 radical (unpaired) electrons. The molecule has 1 aliphatic carbocycles. The first-order valence-electron chi connectivity index (χ1n) is 11.1. The highest BCUT2D eigenvalue weighted by Crippen LogP contribution is 2.31. The zero-order valence-electron chi connectivity index (χ0n) is 18.9. The van der Waals surface area contributed by atoms with E-state index < -0.39 is 12.1 Å². The van der Waals surface area contributed by atoms with Gasteiger partial charge in [-0.3, -0.25) is 9.78 Å². The number of hydrogen-bond acceptors (Lipinski definition) is 5. The maximum absolute atomic E-state index is 12.8. The fraction of sp³-hybridized carbons (Fsp3) is 0.192. The molecular formula is C26H25N5O3. The minimum absolute atomic E-state index is 0.264. The number of rotatable bonds is 5. The molecule has 8 heteroatoms. The van der Waals surface area contributed by atoms with E-state index >= 15 is 0 Å². The van der Waals surface area contributed by atoms with Crippen molar-refractivity contribution < 1.29 is 9.90 Å². The number of aryl methyl sites for hydroxylation is 2. The van der Waals surface area contributed by atoms with Crippen LogP contribution in [-0.2, 0) is 6.42 Å². The van der Waals surface area contributed by atoms with Crippen LogP contribution in [0.5, 0.6) is 0 Å². The first-order valence-corrected chi connectivity index (χ1v) is 11.1. The number of fused-ring (bicyclic) bond motifs is 1. The molecule has 1 aromatic heterocycles. The second-order valence-corrected chi connectivity index (χ2v) is 8.66. The molecule has 5 rings (SSSR count). The van der Waals surface area contributed by atoms with Crippen molar-refractivity contribution in [2.45, 2.75) is 32.4 Å². The third-order valence-corrected chi connectivity index (χ3v) is 5.97. The van der Waals surface area contributed by atoms with Crippen LogP contribution >= 0.6 is 0 Å². The van der Waals surface area contributed by atoms with Crippen LogP contribution in [-0.4, -0.2) is 31.9 Å². The summed E-state index contributed by atoms with van der Waals surface area (Å²) in [5, 5.41) is 20.7. The molecule has 1 amide bonds. The molecule has 1 heterocycles. The Morgan fingerprint density at radius 2 is 1.76 bits per heavy atom. The minimum atomic E-state index is -0.647. The Bertz CT molecular complexity index is 1400. The molecule has 2 unspecified atom stereocenters. The largest absolute Gasteiger partial charge is 0.390 e. The predicted octanol–water partition coefficient (Wildman–Crippen LogP) is 3.31. The van der Waals surface area contributed by atoms with Gasteiger partial charge in [0.25, 0.3) is 5.91 Å². The summed E-state index contributed by atoms with van der Waals surface area (Å²) < 4.78 is 1.31. The third-order valence-electron chi connectivity index (χ3n) is 5.97. The van der Waals surface area contributed by atoms with Gasteiger partial charge >= 0.3 is 5.69 Å². The van der Waals surface area contributed by atoms with Gasteiger partial charge < -0.3 is 15.7 Å². The van der Waals surface area contributed by atoms with Crippen molar-refractivity contribution in [2.75, 3.05) is 5.32 Å². The third kappa shape index (κ3) is 4.23. The molecule has 4 N–H and O–H groups in total. The van der Waals surface area contributed by atoms with E-state index in [-0.39, 0.29) is 11.6 Å². The zero-order valence-corrected chi connectivity index (χ0v) is 18.9. The summed E-state index contributed by atoms with van der Waals surface area (Å²) in [6.45, 7) is 3.94. The summed E-state index contributed by atoms with van der Waals surface area (Å²) in [5.41, 5.74) is 5.57. The lowest BCUT2D eigenvalue weighted by Gasteiger charge is -2.18. The van der Waals surface area contributed by atoms with Gasteiger partial charge in [-0.25, -0.2) is 4.79 Å². The summed E-state index contributed by atoms with van der Waals surface area (Å²) in [6, 6.07) is 20.0. The van der Waals surface area contributed by atoms with Crippen molar-refractivity contribution in [1.82, 2.24) is 20.1 Å². The number of carbonyl (C=O) groups is 1. The van der Waals surface area contributed by atoms with Gasteiger partial charge in [-0.15, -0.1) is 5.10 Å². The van der Waals surface area contributed by atoms with Crippen molar-refractivity contribution in [3.63, 3.8) is 0 Å². The molecule has 0 spiro atoms. The van der Waals surface area contributed by atoms with Gasteiger partial charge in [-0.05, 0) is 72.5 Å². The number of nitrogens with zero attached hydrogens (tertiary/aromatic N) is 2. The fourth-order valence-electron chi connectivity index (χ4n) is 4.44. The first kappa shape index (κ1) is 21.7. The maximum Gasteiger partial charge on any atom is 0.349 e. The number of H-pyrrole nitrogens is 1. The number of aromatic amines is 1. The second-order valence-electron chi connectivity index (χ2n) is 8.66. The zero-order chi connectivity index (χ0) is 23.8. The van der Waals surface area contributed by atoms with E-state index in [1.54, 1.807) is 24.3 Å². The first-order chi connectivity index (χ1) is 16.4. The van der Waals surface area contributed by atoms with E-state index in [0.29, 0.717) is 29.3 Å². The van der Waals surface area contributed by atoms with Crippen molar-refractivity contribution >= 4 is 17.5 Å². The van der Waals surface area contributed by atoms with Gasteiger partial charge in [0.05, 0.1) is 17.8 Å².